The lowest BCUT2D eigenvalue weighted by Crippen LogP contribution is -2.33. The van der Waals surface area contributed by atoms with Crippen molar-refractivity contribution < 1.29 is 9.18 Å². The van der Waals surface area contributed by atoms with Crippen LogP contribution < -0.4 is 16.4 Å². The number of carbonyl (C=O) groups is 1. The van der Waals surface area contributed by atoms with Crippen molar-refractivity contribution in [3.63, 3.8) is 0 Å². The Labute approximate surface area is 80.5 Å². The Balaban J connectivity index is 2.28. The molecule has 0 fully saturated rings. The first-order valence-electron chi connectivity index (χ1n) is 4.08. The van der Waals surface area contributed by atoms with Crippen molar-refractivity contribution in [3.05, 3.63) is 24.1 Å². The Morgan fingerprint density at radius 3 is 2.93 bits per heavy atom. The number of anilines is 1. The molecular formula is C8H11FN4O. The summed E-state index contributed by atoms with van der Waals surface area (Å²) < 4.78 is 12.6. The summed E-state index contributed by atoms with van der Waals surface area (Å²) in [6, 6.07) is 3.85. The van der Waals surface area contributed by atoms with E-state index in [4.69, 9.17) is 5.73 Å². The molecule has 0 unspecified atom stereocenters. The third-order valence-corrected chi connectivity index (χ3v) is 1.45. The minimum absolute atomic E-state index is 0.369. The molecule has 0 radical (unpaired) electrons. The monoisotopic (exact) mass is 198 g/mol. The summed E-state index contributed by atoms with van der Waals surface area (Å²) in [5.74, 6) is -0.117. The molecular weight excluding hydrogens is 187 g/mol. The van der Waals surface area contributed by atoms with Crippen LogP contribution >= 0.6 is 0 Å². The fourth-order valence-electron chi connectivity index (χ4n) is 0.883. The molecule has 4 N–H and O–H groups in total. The maximum absolute atomic E-state index is 12.6. The maximum atomic E-state index is 12.6. The van der Waals surface area contributed by atoms with Crippen molar-refractivity contribution in [2.75, 3.05) is 18.4 Å². The molecule has 1 aromatic heterocycles. The topological polar surface area (TPSA) is 80.0 Å². The molecule has 14 heavy (non-hydrogen) atoms. The van der Waals surface area contributed by atoms with Crippen LogP contribution in [-0.4, -0.2) is 24.1 Å². The van der Waals surface area contributed by atoms with Gasteiger partial charge in [0.05, 0.1) is 0 Å². The average molecular weight is 198 g/mol. The Bertz CT molecular complexity index is 318. The number of carbonyl (C=O) groups excluding carboxylic acids is 1. The highest BCUT2D eigenvalue weighted by molar-refractivity contribution is 5.71. The zero-order chi connectivity index (χ0) is 10.4. The van der Waals surface area contributed by atoms with E-state index in [0.29, 0.717) is 18.9 Å². The van der Waals surface area contributed by atoms with Crippen molar-refractivity contribution in [2.24, 2.45) is 5.73 Å². The number of pyridine rings is 1. The highest BCUT2D eigenvalue weighted by atomic mass is 19.1. The van der Waals surface area contributed by atoms with E-state index in [2.05, 4.69) is 15.6 Å². The Morgan fingerprint density at radius 1 is 1.50 bits per heavy atom. The molecule has 0 aromatic carbocycles. The number of amides is 2. The normalized spacial score (nSPS) is 9.50. The molecule has 6 heteroatoms. The molecule has 0 atom stereocenters. The van der Waals surface area contributed by atoms with Gasteiger partial charge in [-0.25, -0.2) is 9.78 Å². The first kappa shape index (κ1) is 10.2. The summed E-state index contributed by atoms with van der Waals surface area (Å²) in [6.07, 6.45) is 0. The van der Waals surface area contributed by atoms with Crippen LogP contribution in [0.1, 0.15) is 0 Å². The number of rotatable bonds is 4. The van der Waals surface area contributed by atoms with Gasteiger partial charge in [0.15, 0.2) is 0 Å². The van der Waals surface area contributed by atoms with Crippen molar-refractivity contribution >= 4 is 11.8 Å². The number of nitrogens with zero attached hydrogens (tertiary/aromatic N) is 1. The summed E-state index contributed by atoms with van der Waals surface area (Å²) in [5.41, 5.74) is 4.84. The van der Waals surface area contributed by atoms with E-state index in [1.165, 1.54) is 6.07 Å². The van der Waals surface area contributed by atoms with Crippen molar-refractivity contribution in [3.8, 4) is 0 Å². The number of nitrogens with one attached hydrogen (secondary N) is 2. The van der Waals surface area contributed by atoms with Crippen LogP contribution in [0.5, 0.6) is 0 Å². The maximum Gasteiger partial charge on any atom is 0.312 e. The number of urea groups is 1. The highest BCUT2D eigenvalue weighted by Crippen LogP contribution is 2.01. The first-order valence-corrected chi connectivity index (χ1v) is 4.08. The highest BCUT2D eigenvalue weighted by Gasteiger charge is 1.95. The first-order chi connectivity index (χ1) is 6.68. The van der Waals surface area contributed by atoms with Gasteiger partial charge in [0.1, 0.15) is 5.82 Å². The Kier molecular flexibility index (Phi) is 3.66. The molecule has 0 aliphatic carbocycles. The van der Waals surface area contributed by atoms with Gasteiger partial charge >= 0.3 is 6.03 Å². The number of hydrogen-bond donors (Lipinski definition) is 3. The van der Waals surface area contributed by atoms with Gasteiger partial charge in [0, 0.05) is 13.1 Å². The van der Waals surface area contributed by atoms with Crippen LogP contribution in [0.2, 0.25) is 0 Å². The Hall–Kier alpha value is -1.85. The fraction of sp³-hybridized carbons (Fsp3) is 0.250. The molecule has 5 nitrogen and oxygen atoms in total. The molecule has 2 amide bonds. The third kappa shape index (κ3) is 3.70. The lowest BCUT2D eigenvalue weighted by atomic mass is 10.4. The number of halogens is 1. The summed E-state index contributed by atoms with van der Waals surface area (Å²) in [4.78, 5) is 13.8. The number of primary amides is 1. The number of nitrogens with two attached hydrogens (primary N) is 1. The molecule has 0 aliphatic heterocycles. The van der Waals surface area contributed by atoms with E-state index in [0.717, 1.165) is 0 Å². The van der Waals surface area contributed by atoms with Crippen molar-refractivity contribution in [2.45, 2.75) is 0 Å². The van der Waals surface area contributed by atoms with E-state index in [1.54, 1.807) is 12.1 Å². The predicted octanol–water partition coefficient (Wildman–Crippen LogP) is 0.301. The lowest BCUT2D eigenvalue weighted by molar-refractivity contribution is 0.249. The second-order valence-corrected chi connectivity index (χ2v) is 2.56. The van der Waals surface area contributed by atoms with Gasteiger partial charge < -0.3 is 16.4 Å². The van der Waals surface area contributed by atoms with Crippen LogP contribution in [0.3, 0.4) is 0 Å². The van der Waals surface area contributed by atoms with Gasteiger partial charge in [0.25, 0.3) is 0 Å². The number of hydrogen-bond acceptors (Lipinski definition) is 3. The zero-order valence-electron chi connectivity index (χ0n) is 7.46. The second-order valence-electron chi connectivity index (χ2n) is 2.56. The van der Waals surface area contributed by atoms with Crippen LogP contribution in [0.15, 0.2) is 18.2 Å². The molecule has 0 saturated heterocycles. The molecule has 1 heterocycles. The SMILES string of the molecule is NC(=O)NCCNc1cccc(F)n1. The average Bonchev–Trinajstić information content (AvgIpc) is 2.12. The predicted molar refractivity (Wildman–Crippen MR) is 50.3 cm³/mol. The summed E-state index contributed by atoms with van der Waals surface area (Å²) in [7, 11) is 0. The van der Waals surface area contributed by atoms with E-state index in [-0.39, 0.29) is 0 Å². The summed E-state index contributed by atoms with van der Waals surface area (Å²) in [5, 5.41) is 5.20. The standard InChI is InChI=1S/C8H11FN4O/c9-6-2-1-3-7(13-6)11-4-5-12-8(10)14/h1-3H,4-5H2,(H,11,13)(H3,10,12,14). The Morgan fingerprint density at radius 2 is 2.29 bits per heavy atom. The van der Waals surface area contributed by atoms with Crippen LogP contribution in [0.25, 0.3) is 0 Å². The van der Waals surface area contributed by atoms with E-state index < -0.39 is 12.0 Å². The van der Waals surface area contributed by atoms with E-state index in [9.17, 15) is 9.18 Å². The molecule has 0 saturated carbocycles. The fourth-order valence-corrected chi connectivity index (χ4v) is 0.883. The molecule has 1 aromatic rings. The quantitative estimate of drug-likeness (QED) is 0.481. The van der Waals surface area contributed by atoms with Crippen LogP contribution in [0.4, 0.5) is 15.0 Å². The zero-order valence-corrected chi connectivity index (χ0v) is 7.46. The number of aromatic nitrogens is 1. The molecule has 0 spiro atoms. The summed E-state index contributed by atoms with van der Waals surface area (Å²) in [6.45, 7) is 0.812. The van der Waals surface area contributed by atoms with Gasteiger partial charge in [-0.1, -0.05) is 6.07 Å². The third-order valence-electron chi connectivity index (χ3n) is 1.45. The van der Waals surface area contributed by atoms with Gasteiger partial charge in [-0.3, -0.25) is 0 Å². The molecule has 76 valence electrons. The van der Waals surface area contributed by atoms with E-state index >= 15 is 0 Å². The molecule has 1 rings (SSSR count). The van der Waals surface area contributed by atoms with Gasteiger partial charge in [-0.15, -0.1) is 0 Å². The van der Waals surface area contributed by atoms with Crippen LogP contribution in [0, 0.1) is 5.95 Å². The second kappa shape index (κ2) is 5.00. The van der Waals surface area contributed by atoms with Crippen molar-refractivity contribution in [1.29, 1.82) is 0 Å². The minimum atomic E-state index is -0.584. The van der Waals surface area contributed by atoms with Gasteiger partial charge in [-0.2, -0.15) is 4.39 Å². The lowest BCUT2D eigenvalue weighted by Gasteiger charge is -2.04. The molecule has 0 bridgehead atoms. The van der Waals surface area contributed by atoms with Crippen LogP contribution in [-0.2, 0) is 0 Å². The van der Waals surface area contributed by atoms with E-state index in [1.807, 2.05) is 0 Å². The van der Waals surface area contributed by atoms with Gasteiger partial charge in [-0.05, 0) is 12.1 Å². The molecule has 0 aliphatic rings. The van der Waals surface area contributed by atoms with Crippen molar-refractivity contribution in [1.82, 2.24) is 10.3 Å². The van der Waals surface area contributed by atoms with Gasteiger partial charge in [0.2, 0.25) is 5.95 Å². The minimum Gasteiger partial charge on any atom is -0.368 e. The largest absolute Gasteiger partial charge is 0.368 e. The smallest absolute Gasteiger partial charge is 0.312 e. The summed E-state index contributed by atoms with van der Waals surface area (Å²) >= 11 is 0.